The number of aryl methyl sites for hydroxylation is 1. The van der Waals surface area contributed by atoms with E-state index in [4.69, 9.17) is 0 Å². The summed E-state index contributed by atoms with van der Waals surface area (Å²) >= 11 is 3.37. The Morgan fingerprint density at radius 3 is 3.06 bits per heavy atom. The van der Waals surface area contributed by atoms with Gasteiger partial charge in [-0.25, -0.2) is 0 Å². The number of halogens is 1. The second-order valence-corrected chi connectivity index (χ2v) is 5.43. The summed E-state index contributed by atoms with van der Waals surface area (Å²) in [6.45, 7) is 1.78. The van der Waals surface area contributed by atoms with Crippen LogP contribution in [0.15, 0.2) is 16.7 Å². The summed E-state index contributed by atoms with van der Waals surface area (Å²) in [4.78, 5) is 11.9. The smallest absolute Gasteiger partial charge is 0.267 e. The van der Waals surface area contributed by atoms with Gasteiger partial charge in [-0.2, -0.15) is 0 Å². The van der Waals surface area contributed by atoms with Crippen LogP contribution >= 0.6 is 15.9 Å². The van der Waals surface area contributed by atoms with Crippen LogP contribution in [0.25, 0.3) is 0 Å². The summed E-state index contributed by atoms with van der Waals surface area (Å²) in [5.41, 5.74) is 0.688. The van der Waals surface area contributed by atoms with Crippen LogP contribution in [0.5, 0.6) is 0 Å². The van der Waals surface area contributed by atoms with E-state index in [9.17, 15) is 4.79 Å². The standard InChI is InChI=1S/C12H18BrN3O/c1-16-8-9(13)6-11(16)12(17)15-7-10-4-2-3-5-14-10/h6,8,10,14H,2-5,7H2,1H3,(H,15,17). The number of nitrogens with zero attached hydrogens (tertiary/aromatic N) is 1. The van der Waals surface area contributed by atoms with E-state index < -0.39 is 0 Å². The molecule has 1 aliphatic rings. The topological polar surface area (TPSA) is 46.1 Å². The van der Waals surface area contributed by atoms with Gasteiger partial charge in [-0.15, -0.1) is 0 Å². The van der Waals surface area contributed by atoms with Gasteiger partial charge in [0, 0.05) is 30.3 Å². The lowest BCUT2D eigenvalue weighted by atomic mass is 10.1. The molecule has 1 aromatic rings. The molecule has 2 rings (SSSR count). The van der Waals surface area contributed by atoms with Crippen LogP contribution in [0.2, 0.25) is 0 Å². The van der Waals surface area contributed by atoms with Crippen molar-refractivity contribution < 1.29 is 4.79 Å². The Balaban J connectivity index is 1.86. The molecule has 0 aromatic carbocycles. The van der Waals surface area contributed by atoms with Gasteiger partial charge in [-0.1, -0.05) is 6.42 Å². The minimum absolute atomic E-state index is 0.00873. The van der Waals surface area contributed by atoms with E-state index in [1.807, 2.05) is 23.9 Å². The number of hydrogen-bond donors (Lipinski definition) is 2. The summed E-state index contributed by atoms with van der Waals surface area (Å²) in [7, 11) is 1.87. The molecule has 0 spiro atoms. The summed E-state index contributed by atoms with van der Waals surface area (Å²) in [5, 5.41) is 6.39. The molecule has 0 aliphatic carbocycles. The molecule has 4 nitrogen and oxygen atoms in total. The lowest BCUT2D eigenvalue weighted by Gasteiger charge is -2.23. The summed E-state index contributed by atoms with van der Waals surface area (Å²) in [5.74, 6) is -0.00873. The maximum absolute atomic E-state index is 11.9. The highest BCUT2D eigenvalue weighted by Gasteiger charge is 2.15. The van der Waals surface area contributed by atoms with Crippen molar-refractivity contribution >= 4 is 21.8 Å². The van der Waals surface area contributed by atoms with Gasteiger partial charge in [0.05, 0.1) is 0 Å². The van der Waals surface area contributed by atoms with E-state index in [1.165, 1.54) is 12.8 Å². The Kier molecular flexibility index (Phi) is 4.23. The molecule has 1 atom stereocenters. The normalized spacial score (nSPS) is 20.2. The van der Waals surface area contributed by atoms with E-state index >= 15 is 0 Å². The Hall–Kier alpha value is -0.810. The van der Waals surface area contributed by atoms with Crippen molar-refractivity contribution in [1.29, 1.82) is 0 Å². The Morgan fingerprint density at radius 2 is 2.47 bits per heavy atom. The molecule has 0 radical (unpaired) electrons. The zero-order valence-corrected chi connectivity index (χ0v) is 11.6. The van der Waals surface area contributed by atoms with Gasteiger partial charge < -0.3 is 15.2 Å². The lowest BCUT2D eigenvalue weighted by Crippen LogP contribution is -2.43. The van der Waals surface area contributed by atoms with Crippen LogP contribution in [0.4, 0.5) is 0 Å². The predicted octanol–water partition coefficient (Wildman–Crippen LogP) is 1.66. The maximum atomic E-state index is 11.9. The molecule has 17 heavy (non-hydrogen) atoms. The molecule has 1 unspecified atom stereocenters. The molecule has 1 fully saturated rings. The van der Waals surface area contributed by atoms with Crippen molar-refractivity contribution in [2.75, 3.05) is 13.1 Å². The monoisotopic (exact) mass is 299 g/mol. The third kappa shape index (κ3) is 3.33. The fourth-order valence-electron chi connectivity index (χ4n) is 2.15. The molecule has 1 amide bonds. The predicted molar refractivity (Wildman–Crippen MR) is 71.1 cm³/mol. The van der Waals surface area contributed by atoms with Gasteiger partial charge in [0.25, 0.3) is 5.91 Å². The average molecular weight is 300 g/mol. The first-order valence-corrected chi connectivity index (χ1v) is 6.79. The Morgan fingerprint density at radius 1 is 1.65 bits per heavy atom. The summed E-state index contributed by atoms with van der Waals surface area (Å²) < 4.78 is 2.76. The quantitative estimate of drug-likeness (QED) is 0.892. The molecule has 0 bridgehead atoms. The third-order valence-electron chi connectivity index (χ3n) is 3.13. The molecule has 5 heteroatoms. The Bertz CT molecular complexity index is 396. The number of hydrogen-bond acceptors (Lipinski definition) is 2. The van der Waals surface area contributed by atoms with E-state index in [1.54, 1.807) is 0 Å². The van der Waals surface area contributed by atoms with Crippen molar-refractivity contribution in [3.8, 4) is 0 Å². The molecule has 1 aromatic heterocycles. The number of piperidine rings is 1. The van der Waals surface area contributed by atoms with Crippen LogP contribution in [-0.4, -0.2) is 29.6 Å². The first-order chi connectivity index (χ1) is 8.16. The first kappa shape index (κ1) is 12.6. The second kappa shape index (κ2) is 5.69. The number of amides is 1. The maximum Gasteiger partial charge on any atom is 0.267 e. The van der Waals surface area contributed by atoms with Crippen molar-refractivity contribution in [1.82, 2.24) is 15.2 Å². The number of carbonyl (C=O) groups excluding carboxylic acids is 1. The van der Waals surface area contributed by atoms with E-state index in [0.717, 1.165) is 17.4 Å². The largest absolute Gasteiger partial charge is 0.349 e. The molecule has 0 saturated carbocycles. The van der Waals surface area contributed by atoms with Crippen molar-refractivity contribution in [3.63, 3.8) is 0 Å². The highest BCUT2D eigenvalue weighted by atomic mass is 79.9. The third-order valence-corrected chi connectivity index (χ3v) is 3.56. The number of aromatic nitrogens is 1. The highest BCUT2D eigenvalue weighted by molar-refractivity contribution is 9.10. The van der Waals surface area contributed by atoms with Gasteiger partial charge >= 0.3 is 0 Å². The van der Waals surface area contributed by atoms with Crippen LogP contribution in [0.1, 0.15) is 29.8 Å². The van der Waals surface area contributed by atoms with Crippen LogP contribution in [-0.2, 0) is 7.05 Å². The van der Waals surface area contributed by atoms with Gasteiger partial charge in [0.2, 0.25) is 0 Å². The number of carbonyl (C=O) groups is 1. The number of rotatable bonds is 3. The van der Waals surface area contributed by atoms with Crippen LogP contribution in [0.3, 0.4) is 0 Å². The summed E-state index contributed by atoms with van der Waals surface area (Å²) in [6.07, 6.45) is 5.53. The molecule has 2 heterocycles. The van der Waals surface area contributed by atoms with Crippen LogP contribution in [0, 0.1) is 0 Å². The van der Waals surface area contributed by atoms with E-state index in [2.05, 4.69) is 26.6 Å². The minimum atomic E-state index is -0.00873. The second-order valence-electron chi connectivity index (χ2n) is 4.51. The van der Waals surface area contributed by atoms with Gasteiger partial charge in [0.15, 0.2) is 0 Å². The van der Waals surface area contributed by atoms with Crippen molar-refractivity contribution in [3.05, 3.63) is 22.4 Å². The fourth-order valence-corrected chi connectivity index (χ4v) is 2.68. The van der Waals surface area contributed by atoms with Gasteiger partial charge in [0.1, 0.15) is 5.69 Å². The van der Waals surface area contributed by atoms with E-state index in [-0.39, 0.29) is 5.91 Å². The SMILES string of the molecule is Cn1cc(Br)cc1C(=O)NCC1CCCCN1. The highest BCUT2D eigenvalue weighted by Crippen LogP contribution is 2.13. The average Bonchev–Trinajstić information content (AvgIpc) is 2.67. The molecular formula is C12H18BrN3O. The lowest BCUT2D eigenvalue weighted by molar-refractivity contribution is 0.0939. The van der Waals surface area contributed by atoms with Gasteiger partial charge in [-0.3, -0.25) is 4.79 Å². The summed E-state index contributed by atoms with van der Waals surface area (Å²) in [6, 6.07) is 2.26. The van der Waals surface area contributed by atoms with Gasteiger partial charge in [-0.05, 0) is 41.4 Å². The number of nitrogens with one attached hydrogen (secondary N) is 2. The zero-order valence-electron chi connectivity index (χ0n) is 10.0. The van der Waals surface area contributed by atoms with Crippen molar-refractivity contribution in [2.24, 2.45) is 7.05 Å². The zero-order chi connectivity index (χ0) is 12.3. The first-order valence-electron chi connectivity index (χ1n) is 6.00. The van der Waals surface area contributed by atoms with Crippen molar-refractivity contribution in [2.45, 2.75) is 25.3 Å². The molecule has 1 saturated heterocycles. The molecule has 94 valence electrons. The molecular weight excluding hydrogens is 282 g/mol. The molecule has 1 aliphatic heterocycles. The molecule has 2 N–H and O–H groups in total. The Labute approximate surface area is 110 Å². The fraction of sp³-hybridized carbons (Fsp3) is 0.583. The van der Waals surface area contributed by atoms with Crippen LogP contribution < -0.4 is 10.6 Å². The minimum Gasteiger partial charge on any atom is -0.349 e. The van der Waals surface area contributed by atoms with E-state index in [0.29, 0.717) is 18.3 Å².